The Labute approximate surface area is 137 Å². The van der Waals surface area contributed by atoms with Crippen molar-refractivity contribution < 1.29 is 18.3 Å². The van der Waals surface area contributed by atoms with Crippen molar-refractivity contribution in [1.82, 2.24) is 10.3 Å². The molecule has 1 aromatic heterocycles. The van der Waals surface area contributed by atoms with E-state index in [1.807, 2.05) is 13.8 Å². The summed E-state index contributed by atoms with van der Waals surface area (Å²) in [5.74, 6) is 0. The van der Waals surface area contributed by atoms with E-state index in [-0.39, 0.29) is 12.1 Å². The molecule has 3 nitrogen and oxygen atoms in total. The van der Waals surface area contributed by atoms with Crippen LogP contribution in [-0.2, 0) is 18.3 Å². The fourth-order valence-electron chi connectivity index (χ4n) is 2.29. The number of nitrogens with zero attached hydrogens (tertiary/aromatic N) is 1. The molecule has 2 aromatic rings. The molecule has 0 spiro atoms. The first kappa shape index (κ1) is 17.9. The first-order chi connectivity index (χ1) is 10.6. The topological polar surface area (TPSA) is 45.2 Å². The summed E-state index contributed by atoms with van der Waals surface area (Å²) in [5, 5.41) is 14.5. The lowest BCUT2D eigenvalue weighted by atomic mass is 9.94. The number of aromatic nitrogens is 1. The lowest BCUT2D eigenvalue weighted by molar-refractivity contribution is -0.137. The van der Waals surface area contributed by atoms with Crippen LogP contribution in [0.5, 0.6) is 0 Å². The molecule has 1 aromatic carbocycles. The van der Waals surface area contributed by atoms with Crippen LogP contribution in [-0.4, -0.2) is 16.6 Å². The molecule has 1 unspecified atom stereocenters. The zero-order chi connectivity index (χ0) is 17.3. The monoisotopic (exact) mass is 344 g/mol. The number of nitrogens with one attached hydrogen (secondary N) is 1. The van der Waals surface area contributed by atoms with Crippen molar-refractivity contribution in [2.24, 2.45) is 0 Å². The second-order valence-electron chi connectivity index (χ2n) is 5.69. The Morgan fingerprint density at radius 3 is 2.43 bits per heavy atom. The third-order valence-corrected chi connectivity index (χ3v) is 4.50. The zero-order valence-corrected chi connectivity index (χ0v) is 14.0. The predicted octanol–water partition coefficient (Wildman–Crippen LogP) is 3.78. The largest absolute Gasteiger partial charge is 0.416 e. The van der Waals surface area contributed by atoms with Gasteiger partial charge in [0, 0.05) is 18.0 Å². The highest BCUT2D eigenvalue weighted by Gasteiger charge is 2.32. The SMILES string of the molecule is Cc1nc(CNCC(C)(O)c2cccc(C(F)(F)F)c2)c(C)s1. The van der Waals surface area contributed by atoms with Gasteiger partial charge in [0.25, 0.3) is 0 Å². The van der Waals surface area contributed by atoms with Gasteiger partial charge in [0.1, 0.15) is 0 Å². The fraction of sp³-hybridized carbons (Fsp3) is 0.438. The molecule has 0 aliphatic heterocycles. The van der Waals surface area contributed by atoms with Crippen LogP contribution in [0.3, 0.4) is 0 Å². The first-order valence-electron chi connectivity index (χ1n) is 7.13. The van der Waals surface area contributed by atoms with Crippen LogP contribution in [0.15, 0.2) is 24.3 Å². The summed E-state index contributed by atoms with van der Waals surface area (Å²) in [4.78, 5) is 5.47. The number of rotatable bonds is 5. The van der Waals surface area contributed by atoms with Gasteiger partial charge in [0.05, 0.1) is 21.9 Å². The molecule has 0 saturated heterocycles. The summed E-state index contributed by atoms with van der Waals surface area (Å²) in [7, 11) is 0. The maximum atomic E-state index is 12.8. The van der Waals surface area contributed by atoms with Crippen molar-refractivity contribution in [2.75, 3.05) is 6.54 Å². The van der Waals surface area contributed by atoms with Crippen LogP contribution in [0.25, 0.3) is 0 Å². The summed E-state index contributed by atoms with van der Waals surface area (Å²) in [5.41, 5.74) is -1.04. The third-order valence-electron chi connectivity index (χ3n) is 3.57. The van der Waals surface area contributed by atoms with Gasteiger partial charge in [-0.15, -0.1) is 11.3 Å². The van der Waals surface area contributed by atoms with Gasteiger partial charge in [-0.05, 0) is 38.5 Å². The maximum Gasteiger partial charge on any atom is 0.416 e. The standard InChI is InChI=1S/C16H19F3N2OS/c1-10-14(21-11(2)23-10)8-20-9-15(3,22)12-5-4-6-13(7-12)16(17,18)19/h4-7,20,22H,8-9H2,1-3H3. The molecule has 0 radical (unpaired) electrons. The molecule has 2 N–H and O–H groups in total. The third kappa shape index (κ3) is 4.53. The highest BCUT2D eigenvalue weighted by Crippen LogP contribution is 2.32. The van der Waals surface area contributed by atoms with Crippen molar-refractivity contribution in [3.8, 4) is 0 Å². The number of halogens is 3. The summed E-state index contributed by atoms with van der Waals surface area (Å²) in [6.45, 7) is 5.97. The number of hydrogen-bond acceptors (Lipinski definition) is 4. The predicted molar refractivity (Wildman–Crippen MR) is 84.3 cm³/mol. The van der Waals surface area contributed by atoms with E-state index in [2.05, 4.69) is 10.3 Å². The number of alkyl halides is 3. The summed E-state index contributed by atoms with van der Waals surface area (Å²) in [6.07, 6.45) is -4.42. The molecule has 1 atom stereocenters. The van der Waals surface area contributed by atoms with Crippen LogP contribution in [0, 0.1) is 13.8 Å². The average molecular weight is 344 g/mol. The number of benzene rings is 1. The summed E-state index contributed by atoms with van der Waals surface area (Å²) >= 11 is 1.59. The average Bonchev–Trinajstić information content (AvgIpc) is 2.76. The fourth-order valence-corrected chi connectivity index (χ4v) is 3.13. The van der Waals surface area contributed by atoms with Crippen LogP contribution in [0.1, 0.15) is 33.6 Å². The van der Waals surface area contributed by atoms with E-state index < -0.39 is 17.3 Å². The minimum absolute atomic E-state index is 0.129. The van der Waals surface area contributed by atoms with Crippen LogP contribution < -0.4 is 5.32 Å². The van der Waals surface area contributed by atoms with Crippen molar-refractivity contribution in [3.05, 3.63) is 51.0 Å². The minimum Gasteiger partial charge on any atom is -0.384 e. The quantitative estimate of drug-likeness (QED) is 0.868. The molecule has 0 aliphatic carbocycles. The minimum atomic E-state index is -4.42. The Bertz CT molecular complexity index is 680. The van der Waals surface area contributed by atoms with Gasteiger partial charge in [-0.3, -0.25) is 0 Å². The van der Waals surface area contributed by atoms with Crippen molar-refractivity contribution in [3.63, 3.8) is 0 Å². The van der Waals surface area contributed by atoms with Gasteiger partial charge in [-0.1, -0.05) is 12.1 Å². The number of thiazole rings is 1. The second kappa shape index (κ2) is 6.59. The maximum absolute atomic E-state index is 12.8. The number of aliphatic hydroxyl groups is 1. The molecule has 126 valence electrons. The normalized spacial score (nSPS) is 14.7. The van der Waals surface area contributed by atoms with E-state index in [1.54, 1.807) is 11.3 Å². The van der Waals surface area contributed by atoms with E-state index in [0.717, 1.165) is 27.7 Å². The van der Waals surface area contributed by atoms with Gasteiger partial charge >= 0.3 is 6.18 Å². The highest BCUT2D eigenvalue weighted by atomic mass is 32.1. The molecule has 0 fully saturated rings. The van der Waals surface area contributed by atoms with Crippen LogP contribution in [0.2, 0.25) is 0 Å². The van der Waals surface area contributed by atoms with E-state index in [4.69, 9.17) is 0 Å². The van der Waals surface area contributed by atoms with Gasteiger partial charge in [-0.25, -0.2) is 4.98 Å². The lowest BCUT2D eigenvalue weighted by Gasteiger charge is -2.25. The summed E-state index contributed by atoms with van der Waals surface area (Å²) < 4.78 is 38.3. The van der Waals surface area contributed by atoms with E-state index in [1.165, 1.54) is 19.1 Å². The molecule has 23 heavy (non-hydrogen) atoms. The van der Waals surface area contributed by atoms with E-state index >= 15 is 0 Å². The zero-order valence-electron chi connectivity index (χ0n) is 13.2. The number of aryl methyl sites for hydroxylation is 2. The number of hydrogen-bond donors (Lipinski definition) is 2. The van der Waals surface area contributed by atoms with Gasteiger partial charge in [0.2, 0.25) is 0 Å². The smallest absolute Gasteiger partial charge is 0.384 e. The lowest BCUT2D eigenvalue weighted by Crippen LogP contribution is -2.35. The van der Waals surface area contributed by atoms with E-state index in [0.29, 0.717) is 6.54 Å². The van der Waals surface area contributed by atoms with Gasteiger partial charge in [0.15, 0.2) is 0 Å². The molecular weight excluding hydrogens is 325 g/mol. The van der Waals surface area contributed by atoms with Crippen molar-refractivity contribution >= 4 is 11.3 Å². The van der Waals surface area contributed by atoms with Crippen LogP contribution >= 0.6 is 11.3 Å². The Morgan fingerprint density at radius 1 is 1.22 bits per heavy atom. The molecular formula is C16H19F3N2OS. The van der Waals surface area contributed by atoms with E-state index in [9.17, 15) is 18.3 Å². The molecule has 0 saturated carbocycles. The molecule has 7 heteroatoms. The van der Waals surface area contributed by atoms with Crippen LogP contribution in [0.4, 0.5) is 13.2 Å². The van der Waals surface area contributed by atoms with Crippen molar-refractivity contribution in [2.45, 2.75) is 39.1 Å². The Kier molecular flexibility index (Phi) is 5.13. The molecule has 1 heterocycles. The van der Waals surface area contributed by atoms with Crippen molar-refractivity contribution in [1.29, 1.82) is 0 Å². The van der Waals surface area contributed by atoms with Gasteiger partial charge < -0.3 is 10.4 Å². The molecule has 0 bridgehead atoms. The first-order valence-corrected chi connectivity index (χ1v) is 7.95. The molecule has 0 aliphatic rings. The molecule has 2 rings (SSSR count). The van der Waals surface area contributed by atoms with Gasteiger partial charge in [-0.2, -0.15) is 13.2 Å². The highest BCUT2D eigenvalue weighted by molar-refractivity contribution is 7.11. The Balaban J connectivity index is 2.05. The molecule has 0 amide bonds. The Hall–Kier alpha value is -1.44. The Morgan fingerprint density at radius 2 is 1.87 bits per heavy atom. The second-order valence-corrected chi connectivity index (χ2v) is 7.10. The summed E-state index contributed by atoms with van der Waals surface area (Å²) in [6, 6.07) is 4.78.